The van der Waals surface area contributed by atoms with Gasteiger partial charge in [-0.15, -0.1) is 0 Å². The Bertz CT molecular complexity index is 444. The van der Waals surface area contributed by atoms with Crippen LogP contribution in [0.25, 0.3) is 0 Å². The van der Waals surface area contributed by atoms with Gasteiger partial charge in [0.15, 0.2) is 11.6 Å². The van der Waals surface area contributed by atoms with E-state index in [2.05, 4.69) is 22.2 Å². The van der Waals surface area contributed by atoms with Crippen LogP contribution < -0.4 is 10.2 Å². The predicted octanol–water partition coefficient (Wildman–Crippen LogP) is 2.93. The van der Waals surface area contributed by atoms with Gasteiger partial charge >= 0.3 is 0 Å². The number of anilines is 1. The molecule has 1 N–H and O–H groups in total. The minimum Gasteiger partial charge on any atom is -0.354 e. The molecule has 1 saturated carbocycles. The van der Waals surface area contributed by atoms with Gasteiger partial charge in [0, 0.05) is 19.1 Å². The van der Waals surface area contributed by atoms with E-state index >= 15 is 0 Å². The van der Waals surface area contributed by atoms with Crippen LogP contribution in [0.15, 0.2) is 6.33 Å². The van der Waals surface area contributed by atoms with Crippen molar-refractivity contribution in [1.29, 1.82) is 0 Å². The van der Waals surface area contributed by atoms with Crippen molar-refractivity contribution in [3.05, 3.63) is 17.8 Å². The second-order valence-electron chi connectivity index (χ2n) is 5.88. The van der Waals surface area contributed by atoms with E-state index in [9.17, 15) is 4.39 Å². The highest BCUT2D eigenvalue weighted by Gasteiger charge is 2.26. The molecule has 118 valence electrons. The average Bonchev–Trinajstić information content (AvgIpc) is 2.53. The zero-order valence-corrected chi connectivity index (χ0v) is 13.4. The molecule has 1 heterocycles. The SMILES string of the molecule is CCCNC1CCC(N(C)c2ncnc(CC)c2F)CC1. The topological polar surface area (TPSA) is 41.0 Å². The molecule has 1 fully saturated rings. The summed E-state index contributed by atoms with van der Waals surface area (Å²) in [6, 6.07) is 0.995. The number of rotatable bonds is 6. The standard InChI is InChI=1S/C16H27FN4/c1-4-10-18-12-6-8-13(9-7-12)21(3)16-15(17)14(5-2)19-11-20-16/h11-13,18H,4-10H2,1-3H3. The van der Waals surface area contributed by atoms with Crippen molar-refractivity contribution in [2.24, 2.45) is 0 Å². The van der Waals surface area contributed by atoms with E-state index in [1.54, 1.807) is 0 Å². The molecule has 0 amide bonds. The Hall–Kier alpha value is -1.23. The Morgan fingerprint density at radius 3 is 2.57 bits per heavy atom. The molecule has 0 spiro atoms. The van der Waals surface area contributed by atoms with Crippen molar-refractivity contribution < 1.29 is 4.39 Å². The van der Waals surface area contributed by atoms with Crippen LogP contribution in [0, 0.1) is 5.82 Å². The molecule has 0 aliphatic heterocycles. The minimum absolute atomic E-state index is 0.256. The average molecular weight is 294 g/mol. The lowest BCUT2D eigenvalue weighted by molar-refractivity contribution is 0.335. The number of nitrogens with zero attached hydrogens (tertiary/aromatic N) is 3. The first-order valence-electron chi connectivity index (χ1n) is 8.12. The fraction of sp³-hybridized carbons (Fsp3) is 0.750. The molecule has 1 aliphatic rings. The maximum absolute atomic E-state index is 14.3. The molecular formula is C16H27FN4. The molecule has 0 bridgehead atoms. The van der Waals surface area contributed by atoms with E-state index in [0.717, 1.165) is 32.2 Å². The van der Waals surface area contributed by atoms with E-state index in [1.165, 1.54) is 12.7 Å². The van der Waals surface area contributed by atoms with Crippen LogP contribution >= 0.6 is 0 Å². The lowest BCUT2D eigenvalue weighted by atomic mass is 9.90. The lowest BCUT2D eigenvalue weighted by Crippen LogP contribution is -2.41. The fourth-order valence-corrected chi connectivity index (χ4v) is 3.08. The van der Waals surface area contributed by atoms with Crippen LogP contribution in [0.1, 0.15) is 51.6 Å². The van der Waals surface area contributed by atoms with E-state index in [4.69, 9.17) is 0 Å². The van der Waals surface area contributed by atoms with Crippen molar-refractivity contribution in [2.45, 2.75) is 64.5 Å². The molecule has 2 rings (SSSR count). The van der Waals surface area contributed by atoms with Gasteiger partial charge in [-0.1, -0.05) is 13.8 Å². The van der Waals surface area contributed by atoms with Gasteiger partial charge in [-0.25, -0.2) is 14.4 Å². The molecule has 0 aromatic carbocycles. The van der Waals surface area contributed by atoms with Gasteiger partial charge in [-0.2, -0.15) is 0 Å². The summed E-state index contributed by atoms with van der Waals surface area (Å²) in [5, 5.41) is 3.58. The van der Waals surface area contributed by atoms with E-state index in [-0.39, 0.29) is 5.82 Å². The first-order chi connectivity index (χ1) is 10.2. The Kier molecular flexibility index (Phi) is 5.91. The molecule has 0 atom stereocenters. The smallest absolute Gasteiger partial charge is 0.187 e. The number of aromatic nitrogens is 2. The molecule has 4 nitrogen and oxygen atoms in total. The lowest BCUT2D eigenvalue weighted by Gasteiger charge is -2.35. The van der Waals surface area contributed by atoms with Crippen molar-refractivity contribution in [3.8, 4) is 0 Å². The Balaban J connectivity index is 1.97. The number of hydrogen-bond acceptors (Lipinski definition) is 4. The number of nitrogens with one attached hydrogen (secondary N) is 1. The summed E-state index contributed by atoms with van der Waals surface area (Å²) >= 11 is 0. The van der Waals surface area contributed by atoms with E-state index in [1.807, 2.05) is 18.9 Å². The monoisotopic (exact) mass is 294 g/mol. The third-order valence-electron chi connectivity index (χ3n) is 4.44. The molecule has 0 saturated heterocycles. The third kappa shape index (κ3) is 3.90. The van der Waals surface area contributed by atoms with Crippen LogP contribution in [0.5, 0.6) is 0 Å². The number of aryl methyl sites for hydroxylation is 1. The van der Waals surface area contributed by atoms with Gasteiger partial charge in [0.25, 0.3) is 0 Å². The highest BCUT2D eigenvalue weighted by Crippen LogP contribution is 2.27. The van der Waals surface area contributed by atoms with E-state index < -0.39 is 0 Å². The van der Waals surface area contributed by atoms with Crippen LogP contribution in [0.3, 0.4) is 0 Å². The Labute approximate surface area is 127 Å². The third-order valence-corrected chi connectivity index (χ3v) is 4.44. The first kappa shape index (κ1) is 16.1. The Morgan fingerprint density at radius 1 is 1.24 bits per heavy atom. The maximum atomic E-state index is 14.3. The van der Waals surface area contributed by atoms with Crippen LogP contribution in [0.2, 0.25) is 0 Å². The fourth-order valence-electron chi connectivity index (χ4n) is 3.08. The second kappa shape index (κ2) is 7.69. The van der Waals surface area contributed by atoms with Gasteiger partial charge in [0.2, 0.25) is 0 Å². The minimum atomic E-state index is -0.256. The maximum Gasteiger partial charge on any atom is 0.187 e. The molecule has 5 heteroatoms. The number of hydrogen-bond donors (Lipinski definition) is 1. The molecule has 0 unspecified atom stereocenters. The molecule has 21 heavy (non-hydrogen) atoms. The summed E-state index contributed by atoms with van der Waals surface area (Å²) in [5.41, 5.74) is 0.505. The normalized spacial score (nSPS) is 22.3. The zero-order valence-electron chi connectivity index (χ0n) is 13.4. The van der Waals surface area contributed by atoms with Crippen molar-refractivity contribution in [1.82, 2.24) is 15.3 Å². The number of halogens is 1. The van der Waals surface area contributed by atoms with Crippen LogP contribution in [0.4, 0.5) is 10.2 Å². The largest absolute Gasteiger partial charge is 0.354 e. The zero-order chi connectivity index (χ0) is 15.2. The van der Waals surface area contributed by atoms with Crippen LogP contribution in [-0.4, -0.2) is 35.6 Å². The second-order valence-corrected chi connectivity index (χ2v) is 5.88. The summed E-state index contributed by atoms with van der Waals surface area (Å²) in [6.07, 6.45) is 7.73. The van der Waals surface area contributed by atoms with Gasteiger partial charge < -0.3 is 10.2 Å². The van der Waals surface area contributed by atoms with Gasteiger partial charge in [0.05, 0.1) is 5.69 Å². The van der Waals surface area contributed by atoms with Gasteiger partial charge in [-0.3, -0.25) is 0 Å². The first-order valence-corrected chi connectivity index (χ1v) is 8.12. The highest BCUT2D eigenvalue weighted by molar-refractivity contribution is 5.41. The molecule has 0 radical (unpaired) electrons. The predicted molar refractivity (Wildman–Crippen MR) is 84.1 cm³/mol. The summed E-state index contributed by atoms with van der Waals surface area (Å²) < 4.78 is 14.3. The molecular weight excluding hydrogens is 267 g/mol. The summed E-state index contributed by atoms with van der Waals surface area (Å²) in [6.45, 7) is 5.20. The quantitative estimate of drug-likeness (QED) is 0.876. The summed E-state index contributed by atoms with van der Waals surface area (Å²) in [4.78, 5) is 10.2. The Morgan fingerprint density at radius 2 is 1.95 bits per heavy atom. The molecule has 1 aromatic rings. The highest BCUT2D eigenvalue weighted by atomic mass is 19.1. The van der Waals surface area contributed by atoms with Crippen molar-refractivity contribution >= 4 is 5.82 Å². The summed E-state index contributed by atoms with van der Waals surface area (Å²) in [5.74, 6) is 0.195. The van der Waals surface area contributed by atoms with Crippen LogP contribution in [-0.2, 0) is 6.42 Å². The van der Waals surface area contributed by atoms with Crippen molar-refractivity contribution in [2.75, 3.05) is 18.5 Å². The summed E-state index contributed by atoms with van der Waals surface area (Å²) in [7, 11) is 1.95. The van der Waals surface area contributed by atoms with Gasteiger partial charge in [0.1, 0.15) is 6.33 Å². The molecule has 1 aliphatic carbocycles. The van der Waals surface area contributed by atoms with Crippen molar-refractivity contribution in [3.63, 3.8) is 0 Å². The van der Waals surface area contributed by atoms with E-state index in [0.29, 0.717) is 30.0 Å². The molecule has 1 aromatic heterocycles. The van der Waals surface area contributed by atoms with Gasteiger partial charge in [-0.05, 0) is 45.1 Å².